The van der Waals surface area contributed by atoms with Crippen LogP contribution < -0.4 is 5.73 Å². The van der Waals surface area contributed by atoms with E-state index in [1.54, 1.807) is 0 Å². The summed E-state index contributed by atoms with van der Waals surface area (Å²) >= 11 is 0. The molecule has 2 rings (SSSR count). The first kappa shape index (κ1) is 12.5. The van der Waals surface area contributed by atoms with E-state index in [4.69, 9.17) is 15.2 Å². The minimum atomic E-state index is -0.180. The molecule has 5 nitrogen and oxygen atoms in total. The Hall–Kier alpha value is -0.910. The summed E-state index contributed by atoms with van der Waals surface area (Å²) in [6, 6.07) is 0. The van der Waals surface area contributed by atoms with E-state index in [2.05, 4.69) is 5.10 Å². The summed E-state index contributed by atoms with van der Waals surface area (Å²) in [4.78, 5) is 0. The fraction of sp³-hybridized carbons (Fsp3) is 0.750. The fourth-order valence-electron chi connectivity index (χ4n) is 2.10. The van der Waals surface area contributed by atoms with Gasteiger partial charge in [0.05, 0.1) is 24.9 Å². The van der Waals surface area contributed by atoms with Gasteiger partial charge in [0.15, 0.2) is 0 Å². The molecule has 1 aliphatic heterocycles. The molecule has 1 aromatic heterocycles. The Bertz CT molecular complexity index is 345. The summed E-state index contributed by atoms with van der Waals surface area (Å²) in [6.07, 6.45) is 5.65. The summed E-state index contributed by atoms with van der Waals surface area (Å²) in [6.45, 7) is 5.52. The molecule has 0 atom stereocenters. The summed E-state index contributed by atoms with van der Waals surface area (Å²) < 4.78 is 13.2. The van der Waals surface area contributed by atoms with Crippen LogP contribution in [-0.2, 0) is 16.0 Å². The van der Waals surface area contributed by atoms with Crippen molar-refractivity contribution >= 4 is 0 Å². The van der Waals surface area contributed by atoms with Gasteiger partial charge in [-0.15, -0.1) is 0 Å². The van der Waals surface area contributed by atoms with Crippen LogP contribution >= 0.6 is 0 Å². The number of aryl methyl sites for hydroxylation is 1. The maximum atomic E-state index is 5.97. The summed E-state index contributed by atoms with van der Waals surface area (Å²) in [5.41, 5.74) is 6.81. The van der Waals surface area contributed by atoms with Crippen LogP contribution in [0.15, 0.2) is 12.4 Å². The minimum Gasteiger partial charge on any atom is -0.381 e. The number of hydrogen-bond donors (Lipinski definition) is 1. The van der Waals surface area contributed by atoms with Gasteiger partial charge in [0, 0.05) is 38.8 Å². The standard InChI is InChI=1S/C12H21N3O2/c1-11-8-14-15(9-11)4-7-17-12(10-13)2-5-16-6-3-12/h8-9H,2-7,10,13H2,1H3. The van der Waals surface area contributed by atoms with Crippen LogP contribution in [0.2, 0.25) is 0 Å². The predicted octanol–water partition coefficient (Wildman–Crippen LogP) is 0.716. The molecular formula is C12H21N3O2. The zero-order chi connectivity index (χ0) is 12.1. The van der Waals surface area contributed by atoms with Crippen LogP contribution in [0.1, 0.15) is 18.4 Å². The largest absolute Gasteiger partial charge is 0.381 e. The van der Waals surface area contributed by atoms with Crippen LogP contribution in [0, 0.1) is 6.92 Å². The molecule has 96 valence electrons. The van der Waals surface area contributed by atoms with Crippen molar-refractivity contribution in [2.45, 2.75) is 31.9 Å². The second-order valence-electron chi connectivity index (χ2n) is 4.63. The normalized spacial score (nSPS) is 19.4. The number of ether oxygens (including phenoxy) is 2. The molecule has 0 bridgehead atoms. The SMILES string of the molecule is Cc1cnn(CCOC2(CN)CCOCC2)c1. The highest BCUT2D eigenvalue weighted by Crippen LogP contribution is 2.23. The van der Waals surface area contributed by atoms with Crippen molar-refractivity contribution in [1.29, 1.82) is 0 Å². The second kappa shape index (κ2) is 5.62. The molecular weight excluding hydrogens is 218 g/mol. The van der Waals surface area contributed by atoms with Crippen LogP contribution in [0.4, 0.5) is 0 Å². The average molecular weight is 239 g/mol. The van der Waals surface area contributed by atoms with E-state index in [0.717, 1.165) is 32.6 Å². The highest BCUT2D eigenvalue weighted by Gasteiger charge is 2.31. The van der Waals surface area contributed by atoms with Crippen LogP contribution in [0.3, 0.4) is 0 Å². The topological polar surface area (TPSA) is 62.3 Å². The Labute approximate surface area is 102 Å². The highest BCUT2D eigenvalue weighted by molar-refractivity contribution is 4.99. The fourth-order valence-corrected chi connectivity index (χ4v) is 2.10. The van der Waals surface area contributed by atoms with Crippen molar-refractivity contribution in [3.63, 3.8) is 0 Å². The number of aromatic nitrogens is 2. The van der Waals surface area contributed by atoms with E-state index < -0.39 is 0 Å². The number of rotatable bonds is 5. The Morgan fingerprint density at radius 2 is 2.29 bits per heavy atom. The third-order valence-corrected chi connectivity index (χ3v) is 3.27. The van der Waals surface area contributed by atoms with Gasteiger partial charge in [0.25, 0.3) is 0 Å². The molecule has 0 radical (unpaired) electrons. The van der Waals surface area contributed by atoms with Gasteiger partial charge in [-0.2, -0.15) is 5.10 Å². The van der Waals surface area contributed by atoms with Crippen LogP contribution in [0.5, 0.6) is 0 Å². The number of nitrogens with zero attached hydrogens (tertiary/aromatic N) is 2. The smallest absolute Gasteiger partial charge is 0.0848 e. The quantitative estimate of drug-likeness (QED) is 0.822. The Balaban J connectivity index is 1.79. The molecule has 0 unspecified atom stereocenters. The lowest BCUT2D eigenvalue weighted by molar-refractivity contribution is -0.107. The molecule has 0 aromatic carbocycles. The van der Waals surface area contributed by atoms with Gasteiger partial charge in [-0.05, 0) is 12.5 Å². The van der Waals surface area contributed by atoms with E-state index in [0.29, 0.717) is 13.2 Å². The minimum absolute atomic E-state index is 0.180. The highest BCUT2D eigenvalue weighted by atomic mass is 16.5. The van der Waals surface area contributed by atoms with E-state index >= 15 is 0 Å². The van der Waals surface area contributed by atoms with E-state index in [9.17, 15) is 0 Å². The molecule has 0 aliphatic carbocycles. The molecule has 1 aromatic rings. The maximum Gasteiger partial charge on any atom is 0.0848 e. The van der Waals surface area contributed by atoms with Gasteiger partial charge < -0.3 is 15.2 Å². The summed E-state index contributed by atoms with van der Waals surface area (Å²) in [7, 11) is 0. The Morgan fingerprint density at radius 3 is 2.88 bits per heavy atom. The second-order valence-corrected chi connectivity index (χ2v) is 4.63. The van der Waals surface area contributed by atoms with Crippen LogP contribution in [0.25, 0.3) is 0 Å². The molecule has 5 heteroatoms. The molecule has 17 heavy (non-hydrogen) atoms. The molecule has 1 saturated heterocycles. The predicted molar refractivity (Wildman–Crippen MR) is 64.8 cm³/mol. The first-order valence-electron chi connectivity index (χ1n) is 6.15. The molecule has 0 saturated carbocycles. The monoisotopic (exact) mass is 239 g/mol. The van der Waals surface area contributed by atoms with E-state index in [1.807, 2.05) is 24.0 Å². The molecule has 0 amide bonds. The molecule has 0 spiro atoms. The van der Waals surface area contributed by atoms with Gasteiger partial charge in [0.1, 0.15) is 0 Å². The van der Waals surface area contributed by atoms with Gasteiger partial charge in [-0.3, -0.25) is 4.68 Å². The summed E-state index contributed by atoms with van der Waals surface area (Å²) in [5, 5.41) is 4.23. The Morgan fingerprint density at radius 1 is 1.53 bits per heavy atom. The lowest BCUT2D eigenvalue weighted by atomic mass is 9.94. The zero-order valence-corrected chi connectivity index (χ0v) is 10.4. The van der Waals surface area contributed by atoms with Crippen molar-refractivity contribution in [2.75, 3.05) is 26.4 Å². The Kier molecular flexibility index (Phi) is 4.15. The van der Waals surface area contributed by atoms with Crippen molar-refractivity contribution in [2.24, 2.45) is 5.73 Å². The first-order chi connectivity index (χ1) is 8.24. The zero-order valence-electron chi connectivity index (χ0n) is 10.4. The third-order valence-electron chi connectivity index (χ3n) is 3.27. The van der Waals surface area contributed by atoms with Crippen molar-refractivity contribution in [3.05, 3.63) is 18.0 Å². The first-order valence-corrected chi connectivity index (χ1v) is 6.15. The van der Waals surface area contributed by atoms with Crippen molar-refractivity contribution < 1.29 is 9.47 Å². The lowest BCUT2D eigenvalue weighted by Crippen LogP contribution is -2.46. The maximum absolute atomic E-state index is 5.97. The molecule has 1 aliphatic rings. The van der Waals surface area contributed by atoms with Gasteiger partial charge in [-0.25, -0.2) is 0 Å². The van der Waals surface area contributed by atoms with Crippen molar-refractivity contribution in [1.82, 2.24) is 9.78 Å². The third kappa shape index (κ3) is 3.28. The van der Waals surface area contributed by atoms with Crippen molar-refractivity contribution in [3.8, 4) is 0 Å². The van der Waals surface area contributed by atoms with Gasteiger partial charge in [-0.1, -0.05) is 0 Å². The number of nitrogens with two attached hydrogens (primary N) is 1. The van der Waals surface area contributed by atoms with E-state index in [-0.39, 0.29) is 5.60 Å². The molecule has 2 heterocycles. The lowest BCUT2D eigenvalue weighted by Gasteiger charge is -2.36. The van der Waals surface area contributed by atoms with Crippen LogP contribution in [-0.4, -0.2) is 41.7 Å². The van der Waals surface area contributed by atoms with Gasteiger partial charge in [0.2, 0.25) is 0 Å². The van der Waals surface area contributed by atoms with E-state index in [1.165, 1.54) is 5.56 Å². The summed E-state index contributed by atoms with van der Waals surface area (Å²) in [5.74, 6) is 0. The number of hydrogen-bond acceptors (Lipinski definition) is 4. The molecule has 2 N–H and O–H groups in total. The van der Waals surface area contributed by atoms with Gasteiger partial charge >= 0.3 is 0 Å². The average Bonchev–Trinajstić information content (AvgIpc) is 2.76. The molecule has 1 fully saturated rings.